The topological polar surface area (TPSA) is 53.7 Å². The maximum Gasteiger partial charge on any atom is 0.505 e. The molecule has 0 aromatic rings. The van der Waals surface area contributed by atoms with E-state index in [9.17, 15) is 0 Å². The highest BCUT2D eigenvalue weighted by molar-refractivity contribution is 6.61. The van der Waals surface area contributed by atoms with Crippen LogP contribution in [0.25, 0.3) is 0 Å². The van der Waals surface area contributed by atoms with E-state index in [1.165, 1.54) is 0 Å². The average molecular weight is 247 g/mol. The van der Waals surface area contributed by atoms with Crippen molar-refractivity contribution < 1.29 is 13.3 Å². The zero-order valence-corrected chi connectivity index (χ0v) is 12.1. The van der Waals surface area contributed by atoms with Gasteiger partial charge in [-0.1, -0.05) is 5.57 Å². The summed E-state index contributed by atoms with van der Waals surface area (Å²) in [5.74, 6) is 0. The second kappa shape index (κ2) is 7.84. The summed E-state index contributed by atoms with van der Waals surface area (Å²) in [6.45, 7) is 11.5. The highest BCUT2D eigenvalue weighted by atomic mass is 28.4. The molecule has 0 aliphatic heterocycles. The molecule has 0 saturated heterocycles. The van der Waals surface area contributed by atoms with E-state index >= 15 is 0 Å². The largest absolute Gasteiger partial charge is 0.505 e. The number of allylic oxidation sites excluding steroid dienone is 2. The minimum absolute atomic E-state index is 0.600. The van der Waals surface area contributed by atoms with E-state index in [2.05, 4.69) is 0 Å². The van der Waals surface area contributed by atoms with Gasteiger partial charge in [-0.2, -0.15) is 0 Å². The molecule has 0 aromatic carbocycles. The molecule has 0 aliphatic rings. The molecule has 0 heterocycles. The minimum Gasteiger partial charge on any atom is -0.402 e. The van der Waals surface area contributed by atoms with Gasteiger partial charge < -0.3 is 19.0 Å². The molecule has 0 radical (unpaired) electrons. The fraction of sp³-hybridized carbons (Fsp3) is 0.818. The molecule has 0 aliphatic carbocycles. The van der Waals surface area contributed by atoms with Crippen molar-refractivity contribution in [2.45, 2.75) is 40.7 Å². The van der Waals surface area contributed by atoms with Crippen LogP contribution in [0.2, 0.25) is 6.04 Å². The molecule has 0 spiro atoms. The first-order valence-electron chi connectivity index (χ1n) is 5.85. The van der Waals surface area contributed by atoms with Gasteiger partial charge in [0.25, 0.3) is 0 Å². The van der Waals surface area contributed by atoms with Crippen molar-refractivity contribution in [3.8, 4) is 0 Å². The van der Waals surface area contributed by atoms with Gasteiger partial charge in [0.05, 0.1) is 0 Å². The first-order valence-corrected chi connectivity index (χ1v) is 7.78. The molecule has 0 unspecified atom stereocenters. The highest BCUT2D eigenvalue weighted by Gasteiger charge is 2.40. The monoisotopic (exact) mass is 247 g/mol. The van der Waals surface area contributed by atoms with Crippen LogP contribution in [0, 0.1) is 0 Å². The van der Waals surface area contributed by atoms with Gasteiger partial charge in [0, 0.05) is 31.6 Å². The van der Waals surface area contributed by atoms with Gasteiger partial charge >= 0.3 is 8.80 Å². The summed E-state index contributed by atoms with van der Waals surface area (Å²) >= 11 is 0. The summed E-state index contributed by atoms with van der Waals surface area (Å²) in [6.07, 6.45) is 0. The van der Waals surface area contributed by atoms with E-state index in [0.29, 0.717) is 25.9 Å². The van der Waals surface area contributed by atoms with E-state index in [1.54, 1.807) is 0 Å². The molecular weight excluding hydrogens is 222 g/mol. The van der Waals surface area contributed by atoms with E-state index < -0.39 is 8.80 Å². The number of hydrogen-bond donors (Lipinski definition) is 1. The maximum atomic E-state index is 5.77. The molecule has 0 fully saturated rings. The standard InChI is InChI=1S/C11H25NO3Si/c1-6-13-16(14-7-2,15-8-3)9-10(4)11(5)12/h6-9,12H2,1-5H3. The van der Waals surface area contributed by atoms with Crippen LogP contribution >= 0.6 is 0 Å². The third-order valence-electron chi connectivity index (χ3n) is 2.25. The lowest BCUT2D eigenvalue weighted by Gasteiger charge is -2.29. The molecule has 96 valence electrons. The van der Waals surface area contributed by atoms with Gasteiger partial charge in [-0.05, 0) is 34.6 Å². The summed E-state index contributed by atoms with van der Waals surface area (Å²) < 4.78 is 17.2. The Bertz CT molecular complexity index is 210. The van der Waals surface area contributed by atoms with Gasteiger partial charge in [0.1, 0.15) is 0 Å². The van der Waals surface area contributed by atoms with Gasteiger partial charge in [0.15, 0.2) is 0 Å². The maximum absolute atomic E-state index is 5.77. The lowest BCUT2D eigenvalue weighted by atomic mass is 10.3. The van der Waals surface area contributed by atoms with Gasteiger partial charge in [0.2, 0.25) is 0 Å². The molecule has 2 N–H and O–H groups in total. The lowest BCUT2D eigenvalue weighted by Crippen LogP contribution is -2.46. The molecule has 0 aromatic heterocycles. The molecule has 0 amide bonds. The first-order chi connectivity index (χ1) is 7.51. The van der Waals surface area contributed by atoms with Crippen LogP contribution in [-0.4, -0.2) is 28.6 Å². The summed E-state index contributed by atoms with van der Waals surface area (Å²) in [5, 5.41) is 0. The smallest absolute Gasteiger partial charge is 0.402 e. The van der Waals surface area contributed by atoms with Crippen molar-refractivity contribution in [3.05, 3.63) is 11.3 Å². The Labute approximate surface area is 100 Å². The van der Waals surface area contributed by atoms with Gasteiger partial charge in [-0.15, -0.1) is 0 Å². The van der Waals surface area contributed by atoms with Crippen molar-refractivity contribution in [2.24, 2.45) is 5.73 Å². The number of hydrogen-bond acceptors (Lipinski definition) is 4. The Hall–Kier alpha value is -0.363. The third kappa shape index (κ3) is 5.11. The van der Waals surface area contributed by atoms with E-state index in [1.807, 2.05) is 34.6 Å². The molecule has 0 saturated carbocycles. The number of rotatable bonds is 8. The molecule has 0 atom stereocenters. The van der Waals surface area contributed by atoms with Crippen LogP contribution in [0.4, 0.5) is 0 Å². The van der Waals surface area contributed by atoms with Crippen molar-refractivity contribution in [1.29, 1.82) is 0 Å². The predicted octanol–water partition coefficient (Wildman–Crippen LogP) is 2.29. The SMILES string of the molecule is CCO[Si](CC(C)=C(C)N)(OCC)OCC. The van der Waals surface area contributed by atoms with Gasteiger partial charge in [-0.25, -0.2) is 0 Å². The van der Waals surface area contributed by atoms with Crippen molar-refractivity contribution >= 4 is 8.80 Å². The average Bonchev–Trinajstić information content (AvgIpc) is 2.18. The Morgan fingerprint density at radius 3 is 1.56 bits per heavy atom. The predicted molar refractivity (Wildman–Crippen MR) is 68.0 cm³/mol. The van der Waals surface area contributed by atoms with Gasteiger partial charge in [-0.3, -0.25) is 0 Å². The quantitative estimate of drug-likeness (QED) is 0.669. The molecular formula is C11H25NO3Si. The first kappa shape index (κ1) is 15.6. The van der Waals surface area contributed by atoms with E-state index in [-0.39, 0.29) is 0 Å². The Kier molecular flexibility index (Phi) is 7.66. The normalized spacial score (nSPS) is 13.8. The van der Waals surface area contributed by atoms with Crippen LogP contribution in [0.1, 0.15) is 34.6 Å². The van der Waals surface area contributed by atoms with E-state index in [4.69, 9.17) is 19.0 Å². The molecule has 16 heavy (non-hydrogen) atoms. The van der Waals surface area contributed by atoms with Crippen molar-refractivity contribution in [3.63, 3.8) is 0 Å². The minimum atomic E-state index is -2.56. The van der Waals surface area contributed by atoms with Crippen LogP contribution in [0.5, 0.6) is 0 Å². The summed E-state index contributed by atoms with van der Waals surface area (Å²) in [5.41, 5.74) is 7.67. The van der Waals surface area contributed by atoms with Crippen LogP contribution in [0.15, 0.2) is 11.3 Å². The zero-order valence-electron chi connectivity index (χ0n) is 11.1. The van der Waals surface area contributed by atoms with Crippen LogP contribution in [0.3, 0.4) is 0 Å². The van der Waals surface area contributed by atoms with E-state index in [0.717, 1.165) is 11.3 Å². The van der Waals surface area contributed by atoms with Crippen LogP contribution < -0.4 is 5.73 Å². The Morgan fingerprint density at radius 1 is 0.938 bits per heavy atom. The second-order valence-electron chi connectivity index (χ2n) is 3.62. The lowest BCUT2D eigenvalue weighted by molar-refractivity contribution is 0.0735. The second-order valence-corrected chi connectivity index (χ2v) is 6.21. The fourth-order valence-electron chi connectivity index (χ4n) is 1.40. The Morgan fingerprint density at radius 2 is 1.31 bits per heavy atom. The van der Waals surface area contributed by atoms with Crippen LogP contribution in [-0.2, 0) is 13.3 Å². The van der Waals surface area contributed by atoms with Crippen molar-refractivity contribution in [1.82, 2.24) is 0 Å². The summed E-state index contributed by atoms with van der Waals surface area (Å²) in [7, 11) is -2.56. The molecule has 5 heteroatoms. The summed E-state index contributed by atoms with van der Waals surface area (Å²) in [4.78, 5) is 0. The highest BCUT2D eigenvalue weighted by Crippen LogP contribution is 2.22. The zero-order chi connectivity index (χ0) is 12.6. The third-order valence-corrected chi connectivity index (χ3v) is 5.40. The fourth-order valence-corrected chi connectivity index (χ4v) is 4.21. The summed E-state index contributed by atoms with van der Waals surface area (Å²) in [6, 6.07) is 0.671. The number of nitrogens with two attached hydrogens (primary N) is 1. The molecule has 4 nitrogen and oxygen atoms in total. The molecule has 0 bridgehead atoms. The van der Waals surface area contributed by atoms with Crippen molar-refractivity contribution in [2.75, 3.05) is 19.8 Å². The Balaban J connectivity index is 4.79. The molecule has 0 rings (SSSR count).